The Kier molecular flexibility index (Phi) is 5.10. The van der Waals surface area contributed by atoms with Gasteiger partial charge in [-0.1, -0.05) is 38.2 Å². The molecule has 1 saturated heterocycles. The molecular weight excluding hydrogens is 364 g/mol. The molecule has 0 aromatic carbocycles. The fourth-order valence-corrected chi connectivity index (χ4v) is 5.90. The molecule has 4 nitrogen and oxygen atoms in total. The summed E-state index contributed by atoms with van der Waals surface area (Å²) in [6.07, 6.45) is 18.4. The maximum absolute atomic E-state index is 5.84. The molecule has 3 heterocycles. The number of pyridine rings is 1. The molecule has 2 aromatic rings. The van der Waals surface area contributed by atoms with Crippen molar-refractivity contribution in [3.8, 4) is 0 Å². The summed E-state index contributed by atoms with van der Waals surface area (Å²) in [4.78, 5) is 7.18. The van der Waals surface area contributed by atoms with Gasteiger partial charge in [0.2, 0.25) is 0 Å². The molecule has 2 unspecified atom stereocenters. The third-order valence-electron chi connectivity index (χ3n) is 6.93. The van der Waals surface area contributed by atoms with Crippen LogP contribution in [-0.4, -0.2) is 25.6 Å². The quantitative estimate of drug-likeness (QED) is 0.713. The average molecular weight is 395 g/mol. The molecule has 1 N–H and O–H groups in total. The molecule has 0 spiro atoms. The number of thiocarbonyl (C=S) groups is 1. The SMILES string of the molecule is S=C1NC(c2ccccn2)C(c2ccn(C3CCCCC3)c2)N1C1CCCC1. The van der Waals surface area contributed by atoms with E-state index in [1.54, 1.807) is 0 Å². The van der Waals surface area contributed by atoms with Gasteiger partial charge in [0.15, 0.2) is 5.11 Å². The van der Waals surface area contributed by atoms with E-state index in [0.717, 1.165) is 10.8 Å². The molecule has 0 bridgehead atoms. The predicted octanol–water partition coefficient (Wildman–Crippen LogP) is 5.30. The molecule has 2 aliphatic carbocycles. The molecule has 0 radical (unpaired) electrons. The Bertz CT molecular complexity index is 805. The number of aromatic nitrogens is 2. The lowest BCUT2D eigenvalue weighted by Crippen LogP contribution is -2.37. The van der Waals surface area contributed by atoms with Gasteiger partial charge in [0.1, 0.15) is 0 Å². The highest BCUT2D eigenvalue weighted by atomic mass is 32.1. The zero-order valence-corrected chi connectivity index (χ0v) is 17.3. The highest BCUT2D eigenvalue weighted by Crippen LogP contribution is 2.43. The molecule has 3 aliphatic rings. The number of hydrogen-bond acceptors (Lipinski definition) is 2. The van der Waals surface area contributed by atoms with Crippen LogP contribution < -0.4 is 5.32 Å². The molecule has 5 heteroatoms. The lowest BCUT2D eigenvalue weighted by molar-refractivity contribution is 0.245. The molecule has 3 fully saturated rings. The van der Waals surface area contributed by atoms with E-state index in [9.17, 15) is 0 Å². The van der Waals surface area contributed by atoms with Crippen LogP contribution >= 0.6 is 12.2 Å². The van der Waals surface area contributed by atoms with E-state index < -0.39 is 0 Å². The van der Waals surface area contributed by atoms with Crippen molar-refractivity contribution in [2.75, 3.05) is 0 Å². The van der Waals surface area contributed by atoms with Crippen molar-refractivity contribution in [1.82, 2.24) is 19.8 Å². The molecule has 5 rings (SSSR count). The van der Waals surface area contributed by atoms with Gasteiger partial charge in [0.05, 0.1) is 17.8 Å². The highest BCUT2D eigenvalue weighted by Gasteiger charge is 2.43. The Balaban J connectivity index is 1.49. The second-order valence-corrected chi connectivity index (χ2v) is 9.04. The van der Waals surface area contributed by atoms with E-state index in [1.807, 2.05) is 12.3 Å². The van der Waals surface area contributed by atoms with Crippen molar-refractivity contribution in [2.24, 2.45) is 0 Å². The number of nitrogens with zero attached hydrogens (tertiary/aromatic N) is 3. The summed E-state index contributed by atoms with van der Waals surface area (Å²) in [7, 11) is 0. The zero-order valence-electron chi connectivity index (χ0n) is 16.5. The summed E-state index contributed by atoms with van der Waals surface area (Å²) in [5.74, 6) is 0. The normalized spacial score (nSPS) is 26.7. The first-order chi connectivity index (χ1) is 13.8. The van der Waals surface area contributed by atoms with Gasteiger partial charge in [-0.3, -0.25) is 4.98 Å². The molecule has 0 amide bonds. The van der Waals surface area contributed by atoms with Gasteiger partial charge in [0.25, 0.3) is 0 Å². The largest absolute Gasteiger partial charge is 0.352 e. The number of rotatable bonds is 4. The summed E-state index contributed by atoms with van der Waals surface area (Å²) in [5.41, 5.74) is 2.46. The van der Waals surface area contributed by atoms with Crippen LogP contribution in [0.1, 0.15) is 87.2 Å². The Morgan fingerprint density at radius 2 is 1.68 bits per heavy atom. The Hall–Kier alpha value is -1.88. The van der Waals surface area contributed by atoms with Crippen LogP contribution in [0.3, 0.4) is 0 Å². The smallest absolute Gasteiger partial charge is 0.170 e. The minimum absolute atomic E-state index is 0.122. The van der Waals surface area contributed by atoms with Crippen molar-refractivity contribution in [3.63, 3.8) is 0 Å². The lowest BCUT2D eigenvalue weighted by Gasteiger charge is -2.32. The summed E-state index contributed by atoms with van der Waals surface area (Å²) in [5, 5.41) is 4.52. The first-order valence-electron chi connectivity index (χ1n) is 11.0. The molecule has 2 aromatic heterocycles. The molecular formula is C23H30N4S. The van der Waals surface area contributed by atoms with E-state index in [2.05, 4.69) is 50.4 Å². The van der Waals surface area contributed by atoms with Crippen LogP contribution in [0.2, 0.25) is 0 Å². The van der Waals surface area contributed by atoms with Gasteiger partial charge in [-0.25, -0.2) is 0 Å². The van der Waals surface area contributed by atoms with Gasteiger partial charge in [-0.15, -0.1) is 0 Å². The summed E-state index contributed by atoms with van der Waals surface area (Å²) in [6.45, 7) is 0. The monoisotopic (exact) mass is 394 g/mol. The Morgan fingerprint density at radius 3 is 2.43 bits per heavy atom. The average Bonchev–Trinajstić information content (AvgIpc) is 3.48. The van der Waals surface area contributed by atoms with Crippen molar-refractivity contribution in [1.29, 1.82) is 0 Å². The minimum atomic E-state index is 0.122. The van der Waals surface area contributed by atoms with Crippen LogP contribution in [0.15, 0.2) is 42.9 Å². The van der Waals surface area contributed by atoms with Crippen molar-refractivity contribution < 1.29 is 0 Å². The van der Waals surface area contributed by atoms with Gasteiger partial charge in [-0.05, 0) is 61.7 Å². The van der Waals surface area contributed by atoms with Gasteiger partial charge >= 0.3 is 0 Å². The van der Waals surface area contributed by atoms with Crippen LogP contribution in [0.4, 0.5) is 0 Å². The molecule has 148 valence electrons. The van der Waals surface area contributed by atoms with Crippen LogP contribution in [0.5, 0.6) is 0 Å². The van der Waals surface area contributed by atoms with Gasteiger partial charge in [-0.2, -0.15) is 0 Å². The molecule has 28 heavy (non-hydrogen) atoms. The van der Waals surface area contributed by atoms with Crippen LogP contribution in [-0.2, 0) is 0 Å². The maximum atomic E-state index is 5.84. The molecule has 2 atom stereocenters. The fourth-order valence-electron chi connectivity index (χ4n) is 5.51. The van der Waals surface area contributed by atoms with Crippen molar-refractivity contribution >= 4 is 17.3 Å². The molecule has 2 saturated carbocycles. The van der Waals surface area contributed by atoms with Gasteiger partial charge < -0.3 is 14.8 Å². The van der Waals surface area contributed by atoms with Crippen molar-refractivity contribution in [3.05, 3.63) is 54.1 Å². The summed E-state index contributed by atoms with van der Waals surface area (Å²) < 4.78 is 2.47. The van der Waals surface area contributed by atoms with E-state index >= 15 is 0 Å². The highest BCUT2D eigenvalue weighted by molar-refractivity contribution is 7.80. The third-order valence-corrected chi connectivity index (χ3v) is 7.26. The van der Waals surface area contributed by atoms with Crippen LogP contribution in [0.25, 0.3) is 0 Å². The fraction of sp³-hybridized carbons (Fsp3) is 0.565. The van der Waals surface area contributed by atoms with Crippen molar-refractivity contribution in [2.45, 2.75) is 82.0 Å². The van der Waals surface area contributed by atoms with E-state index in [1.165, 1.54) is 63.4 Å². The van der Waals surface area contributed by atoms with Gasteiger partial charge in [0, 0.05) is 30.7 Å². The first-order valence-corrected chi connectivity index (χ1v) is 11.4. The Labute approximate surface area is 173 Å². The zero-order chi connectivity index (χ0) is 18.9. The second kappa shape index (κ2) is 7.86. The summed E-state index contributed by atoms with van der Waals surface area (Å²) >= 11 is 5.84. The summed E-state index contributed by atoms with van der Waals surface area (Å²) in [6, 6.07) is 10.1. The lowest BCUT2D eigenvalue weighted by atomic mass is 9.95. The van der Waals surface area contributed by atoms with Crippen LogP contribution in [0, 0.1) is 0 Å². The molecule has 1 aliphatic heterocycles. The van der Waals surface area contributed by atoms with E-state index in [0.29, 0.717) is 12.1 Å². The maximum Gasteiger partial charge on any atom is 0.170 e. The first kappa shape index (κ1) is 18.2. The Morgan fingerprint density at radius 1 is 0.929 bits per heavy atom. The van der Waals surface area contributed by atoms with E-state index in [4.69, 9.17) is 12.2 Å². The predicted molar refractivity (Wildman–Crippen MR) is 116 cm³/mol. The second-order valence-electron chi connectivity index (χ2n) is 8.66. The number of nitrogens with one attached hydrogen (secondary N) is 1. The standard InChI is InChI=1S/C23H30N4S/c28-23-25-21(20-12-6-7-14-24-20)22(27(23)19-10-4-5-11-19)17-13-15-26(16-17)18-8-2-1-3-9-18/h6-7,12-16,18-19,21-22H,1-5,8-11H2,(H,25,28). The third kappa shape index (κ3) is 3.34. The van der Waals surface area contributed by atoms with E-state index in [-0.39, 0.29) is 12.1 Å². The minimum Gasteiger partial charge on any atom is -0.352 e. The number of hydrogen-bond donors (Lipinski definition) is 1. The topological polar surface area (TPSA) is 33.1 Å².